The molecule has 90 valence electrons. The van der Waals surface area contributed by atoms with Gasteiger partial charge in [-0.3, -0.25) is 5.43 Å². The van der Waals surface area contributed by atoms with E-state index >= 15 is 0 Å². The lowest BCUT2D eigenvalue weighted by molar-refractivity contribution is 0.321. The molecule has 0 heterocycles. The van der Waals surface area contributed by atoms with Crippen molar-refractivity contribution < 1.29 is 4.74 Å². The molecule has 0 atom stereocenters. The van der Waals surface area contributed by atoms with Crippen molar-refractivity contribution in [2.75, 3.05) is 20.7 Å². The highest BCUT2D eigenvalue weighted by molar-refractivity contribution is 7.80. The summed E-state index contributed by atoms with van der Waals surface area (Å²) in [7, 11) is 3.64. The van der Waals surface area contributed by atoms with E-state index in [1.807, 2.05) is 21.0 Å². The van der Waals surface area contributed by atoms with Crippen LogP contribution in [0.1, 0.15) is 6.92 Å². The van der Waals surface area contributed by atoms with E-state index in [-0.39, 0.29) is 5.17 Å². The number of hydrogen-bond acceptors (Lipinski definition) is 5. The third-order valence-corrected chi connectivity index (χ3v) is 1.88. The standard InChI is InChI=1S/C8H15N5OS2/c1-4-14-8(16)12-10-6-5-9-11-7(15)13(2)3/h5-6H,4H2,1-3H3,(H,11,15)(H,12,16)/b9-5+,10-6+. The number of hydrogen-bond donors (Lipinski definition) is 2. The molecule has 8 heteroatoms. The number of rotatable bonds is 4. The fraction of sp³-hybridized carbons (Fsp3) is 0.500. The lowest BCUT2D eigenvalue weighted by atomic mass is 10.8. The maximum absolute atomic E-state index is 4.94. The van der Waals surface area contributed by atoms with E-state index in [0.717, 1.165) is 0 Å². The molecule has 0 amide bonds. The zero-order valence-corrected chi connectivity index (χ0v) is 11.1. The number of hydrazone groups is 2. The van der Waals surface area contributed by atoms with Crippen LogP contribution in [0, 0.1) is 0 Å². The van der Waals surface area contributed by atoms with Gasteiger partial charge in [-0.25, -0.2) is 5.43 Å². The largest absolute Gasteiger partial charge is 0.470 e. The van der Waals surface area contributed by atoms with Crippen molar-refractivity contribution in [3.05, 3.63) is 0 Å². The van der Waals surface area contributed by atoms with Gasteiger partial charge in [-0.05, 0) is 31.4 Å². The van der Waals surface area contributed by atoms with Gasteiger partial charge < -0.3 is 9.64 Å². The van der Waals surface area contributed by atoms with Gasteiger partial charge in [0.1, 0.15) is 0 Å². The molecule has 0 fully saturated rings. The average molecular weight is 261 g/mol. The van der Waals surface area contributed by atoms with Gasteiger partial charge >= 0.3 is 0 Å². The topological polar surface area (TPSA) is 61.2 Å². The average Bonchev–Trinajstić information content (AvgIpc) is 2.23. The van der Waals surface area contributed by atoms with Crippen molar-refractivity contribution in [1.82, 2.24) is 15.8 Å². The molecule has 0 aromatic carbocycles. The maximum Gasteiger partial charge on any atom is 0.277 e. The van der Waals surface area contributed by atoms with Gasteiger partial charge in [0.2, 0.25) is 0 Å². The van der Waals surface area contributed by atoms with Gasteiger partial charge in [-0.1, -0.05) is 0 Å². The van der Waals surface area contributed by atoms with Crippen LogP contribution in [0.3, 0.4) is 0 Å². The normalized spacial score (nSPS) is 10.4. The van der Waals surface area contributed by atoms with Gasteiger partial charge in [0.05, 0.1) is 19.0 Å². The van der Waals surface area contributed by atoms with Crippen molar-refractivity contribution >= 4 is 47.2 Å². The minimum Gasteiger partial charge on any atom is -0.470 e. The van der Waals surface area contributed by atoms with Crippen LogP contribution in [-0.4, -0.2) is 48.3 Å². The molecule has 0 aliphatic heterocycles. The Morgan fingerprint density at radius 3 is 2.31 bits per heavy atom. The zero-order valence-electron chi connectivity index (χ0n) is 9.43. The highest BCUT2D eigenvalue weighted by Gasteiger charge is 1.92. The summed E-state index contributed by atoms with van der Waals surface area (Å²) in [6.07, 6.45) is 2.87. The summed E-state index contributed by atoms with van der Waals surface area (Å²) < 4.78 is 4.94. The summed E-state index contributed by atoms with van der Waals surface area (Å²) in [6.45, 7) is 2.35. The van der Waals surface area contributed by atoms with Gasteiger partial charge in [-0.15, -0.1) is 0 Å². The van der Waals surface area contributed by atoms with Crippen molar-refractivity contribution in [1.29, 1.82) is 0 Å². The molecule has 0 aromatic heterocycles. The smallest absolute Gasteiger partial charge is 0.277 e. The van der Waals surface area contributed by atoms with Crippen molar-refractivity contribution in [3.63, 3.8) is 0 Å². The Morgan fingerprint density at radius 1 is 1.25 bits per heavy atom. The molecule has 0 rings (SSSR count). The van der Waals surface area contributed by atoms with Crippen LogP contribution in [0.4, 0.5) is 0 Å². The van der Waals surface area contributed by atoms with Gasteiger partial charge in [0.25, 0.3) is 5.17 Å². The molecule has 6 nitrogen and oxygen atoms in total. The van der Waals surface area contributed by atoms with Gasteiger partial charge in [-0.2, -0.15) is 10.2 Å². The predicted molar refractivity (Wildman–Crippen MR) is 73.8 cm³/mol. The van der Waals surface area contributed by atoms with E-state index in [2.05, 4.69) is 21.1 Å². The van der Waals surface area contributed by atoms with Crippen LogP contribution in [0.2, 0.25) is 0 Å². The lowest BCUT2D eigenvalue weighted by Gasteiger charge is -2.11. The minimum absolute atomic E-state index is 0.226. The summed E-state index contributed by atoms with van der Waals surface area (Å²) >= 11 is 9.70. The molecule has 0 spiro atoms. The molecular formula is C8H15N5OS2. The van der Waals surface area contributed by atoms with Crippen LogP contribution in [0.15, 0.2) is 10.2 Å². The Morgan fingerprint density at radius 2 is 1.81 bits per heavy atom. The monoisotopic (exact) mass is 261 g/mol. The Bertz CT molecular complexity index is 290. The number of nitrogens with one attached hydrogen (secondary N) is 2. The summed E-state index contributed by atoms with van der Waals surface area (Å²) in [4.78, 5) is 1.73. The van der Waals surface area contributed by atoms with Gasteiger partial charge in [0, 0.05) is 14.1 Å². The molecule has 0 radical (unpaired) electrons. The molecular weight excluding hydrogens is 246 g/mol. The first-order chi connectivity index (χ1) is 7.57. The van der Waals surface area contributed by atoms with E-state index in [1.54, 1.807) is 4.90 Å². The van der Waals surface area contributed by atoms with E-state index in [1.165, 1.54) is 12.4 Å². The second kappa shape index (κ2) is 8.98. The van der Waals surface area contributed by atoms with E-state index in [9.17, 15) is 0 Å². The zero-order chi connectivity index (χ0) is 12.4. The number of nitrogens with zero attached hydrogens (tertiary/aromatic N) is 3. The molecule has 0 aromatic rings. The first-order valence-electron chi connectivity index (χ1n) is 4.52. The first-order valence-corrected chi connectivity index (χ1v) is 5.34. The summed E-state index contributed by atoms with van der Waals surface area (Å²) in [5.41, 5.74) is 5.15. The third kappa shape index (κ3) is 8.06. The lowest BCUT2D eigenvalue weighted by Crippen LogP contribution is -2.30. The molecule has 0 saturated heterocycles. The van der Waals surface area contributed by atoms with Crippen molar-refractivity contribution in [2.45, 2.75) is 6.92 Å². The molecule has 0 saturated carbocycles. The van der Waals surface area contributed by atoms with E-state index in [4.69, 9.17) is 29.2 Å². The van der Waals surface area contributed by atoms with Crippen molar-refractivity contribution in [3.8, 4) is 0 Å². The fourth-order valence-corrected chi connectivity index (χ4v) is 0.736. The Balaban J connectivity index is 3.71. The number of thiocarbonyl (C=S) groups is 2. The second-order valence-corrected chi connectivity index (χ2v) is 3.46. The quantitative estimate of drug-likeness (QED) is 0.431. The van der Waals surface area contributed by atoms with Gasteiger partial charge in [0.15, 0.2) is 5.11 Å². The molecule has 0 aliphatic rings. The highest BCUT2D eigenvalue weighted by Crippen LogP contribution is 1.77. The fourth-order valence-electron chi connectivity index (χ4n) is 0.512. The molecule has 16 heavy (non-hydrogen) atoms. The molecule has 0 aliphatic carbocycles. The Hall–Kier alpha value is -1.28. The van der Waals surface area contributed by atoms with Crippen LogP contribution < -0.4 is 10.9 Å². The first kappa shape index (κ1) is 14.7. The second-order valence-electron chi connectivity index (χ2n) is 2.70. The van der Waals surface area contributed by atoms with E-state index in [0.29, 0.717) is 11.7 Å². The van der Waals surface area contributed by atoms with Crippen LogP contribution in [-0.2, 0) is 4.74 Å². The minimum atomic E-state index is 0.226. The maximum atomic E-state index is 4.94. The molecule has 0 bridgehead atoms. The summed E-state index contributed by atoms with van der Waals surface area (Å²) in [5.74, 6) is 0. The van der Waals surface area contributed by atoms with Crippen LogP contribution in [0.5, 0.6) is 0 Å². The van der Waals surface area contributed by atoms with Crippen molar-refractivity contribution in [2.24, 2.45) is 10.2 Å². The SMILES string of the molecule is CCOC(=S)N/N=C/C=N/NC(=S)N(C)C. The Labute approximate surface area is 106 Å². The highest BCUT2D eigenvalue weighted by atomic mass is 32.1. The summed E-state index contributed by atoms with van der Waals surface area (Å²) in [5, 5.41) is 8.29. The molecule has 2 N–H and O–H groups in total. The number of ether oxygens (including phenoxy) is 1. The molecule has 0 unspecified atom stereocenters. The predicted octanol–water partition coefficient (Wildman–Crippen LogP) is 0.305. The van der Waals surface area contributed by atoms with E-state index < -0.39 is 0 Å². The third-order valence-electron chi connectivity index (χ3n) is 1.21. The Kier molecular flexibility index (Phi) is 8.26. The summed E-state index contributed by atoms with van der Waals surface area (Å²) in [6, 6.07) is 0. The van der Waals surface area contributed by atoms with Crippen LogP contribution in [0.25, 0.3) is 0 Å². The van der Waals surface area contributed by atoms with Crippen LogP contribution >= 0.6 is 24.4 Å².